The van der Waals surface area contributed by atoms with Crippen LogP contribution in [0.15, 0.2) is 12.3 Å². The van der Waals surface area contributed by atoms with E-state index in [-0.39, 0.29) is 17.1 Å². The van der Waals surface area contributed by atoms with E-state index in [2.05, 4.69) is 29.0 Å². The maximum atomic E-state index is 11.9. The molecule has 0 unspecified atom stereocenters. The number of Topliss-reactive ketones (excluding diaryl/α,β-unsaturated/α-hetero) is 1. The Kier molecular flexibility index (Phi) is 4.89. The Morgan fingerprint density at radius 2 is 2.00 bits per heavy atom. The molecule has 5 nitrogen and oxygen atoms in total. The molecule has 0 atom stereocenters. The van der Waals surface area contributed by atoms with Crippen molar-refractivity contribution >= 4 is 11.7 Å². The number of hydrogen-bond acceptors (Lipinski definition) is 3. The van der Waals surface area contributed by atoms with Crippen LogP contribution >= 0.6 is 0 Å². The lowest BCUT2D eigenvalue weighted by molar-refractivity contribution is 0.0924. The Morgan fingerprint density at radius 3 is 2.47 bits per heavy atom. The van der Waals surface area contributed by atoms with Crippen LogP contribution in [-0.2, 0) is 0 Å². The van der Waals surface area contributed by atoms with Crippen molar-refractivity contribution in [3.8, 4) is 0 Å². The number of rotatable bonds is 6. The molecule has 0 saturated heterocycles. The monoisotopic (exact) mass is 265 g/mol. The standard InChI is InChI=1S/C14H23N3O2/c1-10(18)11-6-12(15-7-11)13(19)16-8-14(2,3)9-17(4)5/h6-7,15H,8-9H2,1-5H3,(H,16,19). The van der Waals surface area contributed by atoms with Gasteiger partial charge in [-0.2, -0.15) is 0 Å². The van der Waals surface area contributed by atoms with Gasteiger partial charge in [-0.25, -0.2) is 0 Å². The van der Waals surface area contributed by atoms with Gasteiger partial charge < -0.3 is 15.2 Å². The zero-order valence-corrected chi connectivity index (χ0v) is 12.3. The largest absolute Gasteiger partial charge is 0.356 e. The Morgan fingerprint density at radius 1 is 1.37 bits per heavy atom. The maximum absolute atomic E-state index is 11.9. The van der Waals surface area contributed by atoms with Crippen LogP contribution in [0.25, 0.3) is 0 Å². The molecule has 2 N–H and O–H groups in total. The van der Waals surface area contributed by atoms with Crippen LogP contribution in [0.4, 0.5) is 0 Å². The van der Waals surface area contributed by atoms with E-state index in [1.54, 1.807) is 12.3 Å². The third kappa shape index (κ3) is 4.87. The molecule has 0 aliphatic rings. The Labute approximate surface area is 114 Å². The normalized spacial score (nSPS) is 11.7. The summed E-state index contributed by atoms with van der Waals surface area (Å²) in [6, 6.07) is 1.58. The molecular weight excluding hydrogens is 242 g/mol. The van der Waals surface area contributed by atoms with Gasteiger partial charge in [0.2, 0.25) is 0 Å². The molecule has 5 heteroatoms. The molecule has 1 aromatic heterocycles. The van der Waals surface area contributed by atoms with Gasteiger partial charge in [-0.05, 0) is 32.5 Å². The van der Waals surface area contributed by atoms with Crippen LogP contribution in [-0.4, -0.2) is 48.8 Å². The first-order valence-corrected chi connectivity index (χ1v) is 6.33. The first-order valence-electron chi connectivity index (χ1n) is 6.33. The van der Waals surface area contributed by atoms with Crippen molar-refractivity contribution in [2.45, 2.75) is 20.8 Å². The van der Waals surface area contributed by atoms with Crippen molar-refractivity contribution in [1.82, 2.24) is 15.2 Å². The van der Waals surface area contributed by atoms with E-state index in [0.29, 0.717) is 17.8 Å². The van der Waals surface area contributed by atoms with Crippen molar-refractivity contribution in [2.75, 3.05) is 27.2 Å². The number of ketones is 1. The molecule has 1 heterocycles. The number of carbonyl (C=O) groups excluding carboxylic acids is 2. The Bertz CT molecular complexity index is 461. The zero-order chi connectivity index (χ0) is 14.6. The minimum atomic E-state index is -0.181. The number of aromatic amines is 1. The number of nitrogens with one attached hydrogen (secondary N) is 2. The van der Waals surface area contributed by atoms with Crippen LogP contribution < -0.4 is 5.32 Å². The summed E-state index contributed by atoms with van der Waals surface area (Å²) in [7, 11) is 4.02. The highest BCUT2D eigenvalue weighted by Gasteiger charge is 2.20. The third-order valence-electron chi connectivity index (χ3n) is 2.81. The summed E-state index contributed by atoms with van der Waals surface area (Å²) in [6.45, 7) is 7.15. The molecule has 0 fully saturated rings. The van der Waals surface area contributed by atoms with E-state index in [4.69, 9.17) is 0 Å². The SMILES string of the molecule is CC(=O)c1c[nH]c(C(=O)NCC(C)(C)CN(C)C)c1. The van der Waals surface area contributed by atoms with Crippen molar-refractivity contribution in [3.63, 3.8) is 0 Å². The zero-order valence-electron chi connectivity index (χ0n) is 12.3. The molecule has 1 rings (SSSR count). The van der Waals surface area contributed by atoms with Gasteiger partial charge in [-0.3, -0.25) is 9.59 Å². The highest BCUT2D eigenvalue weighted by Crippen LogP contribution is 2.14. The second-order valence-electron chi connectivity index (χ2n) is 5.94. The van der Waals surface area contributed by atoms with Crippen molar-refractivity contribution in [1.29, 1.82) is 0 Å². The average molecular weight is 265 g/mol. The van der Waals surface area contributed by atoms with E-state index < -0.39 is 0 Å². The number of aromatic nitrogens is 1. The smallest absolute Gasteiger partial charge is 0.267 e. The van der Waals surface area contributed by atoms with E-state index in [1.165, 1.54) is 6.92 Å². The summed E-state index contributed by atoms with van der Waals surface area (Å²) in [4.78, 5) is 28.0. The maximum Gasteiger partial charge on any atom is 0.267 e. The summed E-state index contributed by atoms with van der Waals surface area (Å²) in [5, 5.41) is 2.89. The predicted molar refractivity (Wildman–Crippen MR) is 75.5 cm³/mol. The highest BCUT2D eigenvalue weighted by atomic mass is 16.2. The number of amides is 1. The summed E-state index contributed by atoms with van der Waals surface area (Å²) in [6.07, 6.45) is 1.56. The number of H-pyrrole nitrogens is 1. The average Bonchev–Trinajstić information content (AvgIpc) is 2.73. The molecule has 1 amide bonds. The van der Waals surface area contributed by atoms with E-state index >= 15 is 0 Å². The minimum absolute atomic E-state index is 0.00480. The van der Waals surface area contributed by atoms with Crippen LogP contribution in [0.2, 0.25) is 0 Å². The first kappa shape index (κ1) is 15.4. The predicted octanol–water partition coefficient (Wildman–Crippen LogP) is 1.53. The molecule has 1 aromatic rings. The van der Waals surface area contributed by atoms with Crippen LogP contribution in [0, 0.1) is 5.41 Å². The molecule has 0 bridgehead atoms. The molecule has 0 radical (unpaired) electrons. The quantitative estimate of drug-likeness (QED) is 0.767. The van der Waals surface area contributed by atoms with E-state index in [0.717, 1.165) is 6.54 Å². The topological polar surface area (TPSA) is 65.2 Å². The summed E-state index contributed by atoms with van der Waals surface area (Å²) < 4.78 is 0. The van der Waals surface area contributed by atoms with Gasteiger partial charge in [-0.15, -0.1) is 0 Å². The van der Waals surface area contributed by atoms with Crippen molar-refractivity contribution < 1.29 is 9.59 Å². The van der Waals surface area contributed by atoms with Gasteiger partial charge in [0.05, 0.1) is 0 Å². The van der Waals surface area contributed by atoms with Gasteiger partial charge >= 0.3 is 0 Å². The minimum Gasteiger partial charge on any atom is -0.356 e. The molecule has 19 heavy (non-hydrogen) atoms. The lowest BCUT2D eigenvalue weighted by Crippen LogP contribution is -2.40. The molecule has 106 valence electrons. The number of nitrogens with zero attached hydrogens (tertiary/aromatic N) is 1. The van der Waals surface area contributed by atoms with Crippen molar-refractivity contribution in [2.24, 2.45) is 5.41 Å². The van der Waals surface area contributed by atoms with Gasteiger partial charge in [0.15, 0.2) is 5.78 Å². The highest BCUT2D eigenvalue weighted by molar-refractivity contribution is 5.99. The fraction of sp³-hybridized carbons (Fsp3) is 0.571. The molecule has 0 saturated carbocycles. The van der Waals surface area contributed by atoms with Gasteiger partial charge in [0, 0.05) is 24.8 Å². The third-order valence-corrected chi connectivity index (χ3v) is 2.81. The summed E-state index contributed by atoms with van der Waals surface area (Å²) in [5.74, 6) is -0.234. The Hall–Kier alpha value is -1.62. The van der Waals surface area contributed by atoms with Crippen LogP contribution in [0.5, 0.6) is 0 Å². The fourth-order valence-corrected chi connectivity index (χ4v) is 2.06. The van der Waals surface area contributed by atoms with Gasteiger partial charge in [-0.1, -0.05) is 13.8 Å². The fourth-order valence-electron chi connectivity index (χ4n) is 2.06. The number of carbonyl (C=O) groups is 2. The molecule has 0 aliphatic heterocycles. The van der Waals surface area contributed by atoms with Crippen LogP contribution in [0.3, 0.4) is 0 Å². The molecule has 0 aliphatic carbocycles. The Balaban J connectivity index is 2.57. The lowest BCUT2D eigenvalue weighted by atomic mass is 9.93. The van der Waals surface area contributed by atoms with E-state index in [1.807, 2.05) is 14.1 Å². The first-order chi connectivity index (χ1) is 8.71. The van der Waals surface area contributed by atoms with Crippen molar-refractivity contribution in [3.05, 3.63) is 23.5 Å². The molecule has 0 aromatic carbocycles. The van der Waals surface area contributed by atoms with Gasteiger partial charge in [0.1, 0.15) is 5.69 Å². The van der Waals surface area contributed by atoms with E-state index in [9.17, 15) is 9.59 Å². The number of hydrogen-bond donors (Lipinski definition) is 2. The van der Waals surface area contributed by atoms with Crippen LogP contribution in [0.1, 0.15) is 41.6 Å². The lowest BCUT2D eigenvalue weighted by Gasteiger charge is -2.28. The second kappa shape index (κ2) is 6.02. The summed E-state index contributed by atoms with van der Waals surface area (Å²) >= 11 is 0. The summed E-state index contributed by atoms with van der Waals surface area (Å²) in [5.41, 5.74) is 0.943. The second-order valence-corrected chi connectivity index (χ2v) is 5.94. The molecular formula is C14H23N3O2. The van der Waals surface area contributed by atoms with Gasteiger partial charge in [0.25, 0.3) is 5.91 Å². The molecule has 0 spiro atoms.